The molecule has 0 bridgehead atoms. The van der Waals surface area contributed by atoms with E-state index in [-0.39, 0.29) is 16.3 Å². The number of imide groups is 1. The SMILES string of the molecule is COC(=O)CN1C(=O)N/C(=C/c2cc(Cl)cc([N+](=O)[O-])c2O)C1=O. The van der Waals surface area contributed by atoms with Gasteiger partial charge in [-0.15, -0.1) is 0 Å². The normalized spacial score (nSPS) is 15.6. The Kier molecular flexibility index (Phi) is 4.69. The van der Waals surface area contributed by atoms with Crippen molar-refractivity contribution in [1.29, 1.82) is 0 Å². The second-order valence-corrected chi connectivity index (χ2v) is 5.01. The number of rotatable bonds is 4. The Morgan fingerprint density at radius 1 is 1.50 bits per heavy atom. The standard InChI is InChI=1S/C13H10ClN3O7/c1-24-10(18)5-16-12(20)8(15-13(16)21)3-6-2-7(14)4-9(11(6)19)17(22)23/h2-4,19H,5H2,1H3,(H,15,21)/b8-3+. The number of hydrogen-bond acceptors (Lipinski definition) is 7. The minimum Gasteiger partial charge on any atom is -0.502 e. The monoisotopic (exact) mass is 355 g/mol. The molecule has 2 rings (SSSR count). The third-order valence-corrected chi connectivity index (χ3v) is 3.28. The Hall–Kier alpha value is -3.14. The van der Waals surface area contributed by atoms with Crippen LogP contribution in [0.25, 0.3) is 6.08 Å². The lowest BCUT2D eigenvalue weighted by molar-refractivity contribution is -0.385. The summed E-state index contributed by atoms with van der Waals surface area (Å²) in [6, 6.07) is 1.25. The van der Waals surface area contributed by atoms with Crippen molar-refractivity contribution in [2.45, 2.75) is 0 Å². The van der Waals surface area contributed by atoms with Gasteiger partial charge in [0.25, 0.3) is 5.91 Å². The molecule has 11 heteroatoms. The van der Waals surface area contributed by atoms with E-state index in [0.717, 1.165) is 19.3 Å². The minimum absolute atomic E-state index is 0.0467. The van der Waals surface area contributed by atoms with Crippen LogP contribution in [-0.2, 0) is 14.3 Å². The molecule has 0 aliphatic carbocycles. The van der Waals surface area contributed by atoms with Crippen molar-refractivity contribution in [1.82, 2.24) is 10.2 Å². The number of ether oxygens (including phenoxy) is 1. The predicted octanol–water partition coefficient (Wildman–Crippen LogP) is 1.02. The Labute approximate surface area is 139 Å². The highest BCUT2D eigenvalue weighted by atomic mass is 35.5. The lowest BCUT2D eigenvalue weighted by Gasteiger charge is -2.09. The Morgan fingerprint density at radius 3 is 2.75 bits per heavy atom. The highest BCUT2D eigenvalue weighted by Crippen LogP contribution is 2.34. The van der Waals surface area contributed by atoms with Crippen molar-refractivity contribution in [2.75, 3.05) is 13.7 Å². The molecule has 24 heavy (non-hydrogen) atoms. The summed E-state index contributed by atoms with van der Waals surface area (Å²) in [5.41, 5.74) is -1.08. The molecule has 1 aliphatic rings. The number of esters is 1. The first-order valence-corrected chi connectivity index (χ1v) is 6.70. The Morgan fingerprint density at radius 2 is 2.17 bits per heavy atom. The average molecular weight is 356 g/mol. The molecule has 1 saturated heterocycles. The van der Waals surface area contributed by atoms with Gasteiger partial charge in [0.05, 0.1) is 12.0 Å². The van der Waals surface area contributed by atoms with Gasteiger partial charge in [-0.25, -0.2) is 9.69 Å². The van der Waals surface area contributed by atoms with Crippen LogP contribution in [0, 0.1) is 10.1 Å². The van der Waals surface area contributed by atoms with Crippen molar-refractivity contribution >= 4 is 41.3 Å². The van der Waals surface area contributed by atoms with Gasteiger partial charge in [-0.3, -0.25) is 19.7 Å². The van der Waals surface area contributed by atoms with E-state index < -0.39 is 40.8 Å². The fourth-order valence-corrected chi connectivity index (χ4v) is 2.14. The Bertz CT molecular complexity index is 790. The summed E-state index contributed by atoms with van der Waals surface area (Å²) in [6.07, 6.45) is 1.02. The molecule has 3 amide bonds. The molecule has 0 unspecified atom stereocenters. The van der Waals surface area contributed by atoms with E-state index in [1.54, 1.807) is 0 Å². The van der Waals surface area contributed by atoms with Gasteiger partial charge in [0.15, 0.2) is 0 Å². The third kappa shape index (κ3) is 3.27. The van der Waals surface area contributed by atoms with E-state index in [4.69, 9.17) is 11.6 Å². The zero-order chi connectivity index (χ0) is 18.0. The lowest BCUT2D eigenvalue weighted by atomic mass is 10.1. The van der Waals surface area contributed by atoms with Crippen LogP contribution in [0.4, 0.5) is 10.5 Å². The summed E-state index contributed by atoms with van der Waals surface area (Å²) in [7, 11) is 1.10. The van der Waals surface area contributed by atoms with Crippen LogP contribution >= 0.6 is 11.6 Å². The fourth-order valence-electron chi connectivity index (χ4n) is 1.92. The summed E-state index contributed by atoms with van der Waals surface area (Å²) in [6.45, 7) is -0.597. The van der Waals surface area contributed by atoms with Crippen LogP contribution in [0.1, 0.15) is 5.56 Å². The first kappa shape index (κ1) is 17.2. The summed E-state index contributed by atoms with van der Waals surface area (Å²) in [5, 5.41) is 22.9. The molecule has 126 valence electrons. The number of nitrogens with one attached hydrogen (secondary N) is 1. The summed E-state index contributed by atoms with van der Waals surface area (Å²) < 4.78 is 4.37. The number of aromatic hydroxyl groups is 1. The van der Waals surface area contributed by atoms with Gasteiger partial charge in [0.2, 0.25) is 5.75 Å². The van der Waals surface area contributed by atoms with Gasteiger partial charge >= 0.3 is 17.7 Å². The zero-order valence-corrected chi connectivity index (χ0v) is 12.9. The molecule has 1 aromatic carbocycles. The number of phenolic OH excluding ortho intramolecular Hbond substituents is 1. The number of nitrogens with zero attached hydrogens (tertiary/aromatic N) is 2. The molecule has 1 aromatic rings. The van der Waals surface area contributed by atoms with Crippen LogP contribution in [0.2, 0.25) is 5.02 Å². The fraction of sp³-hybridized carbons (Fsp3) is 0.154. The molecule has 1 fully saturated rings. The number of nitro groups is 1. The van der Waals surface area contributed by atoms with Gasteiger partial charge in [-0.05, 0) is 12.1 Å². The molecule has 0 spiro atoms. The van der Waals surface area contributed by atoms with Crippen LogP contribution < -0.4 is 5.32 Å². The van der Waals surface area contributed by atoms with Crippen LogP contribution in [0.15, 0.2) is 17.8 Å². The molecule has 0 radical (unpaired) electrons. The number of amides is 3. The number of benzene rings is 1. The first-order chi connectivity index (χ1) is 11.2. The highest BCUT2D eigenvalue weighted by molar-refractivity contribution is 6.31. The maximum Gasteiger partial charge on any atom is 0.329 e. The van der Waals surface area contributed by atoms with E-state index >= 15 is 0 Å². The van der Waals surface area contributed by atoms with E-state index in [9.17, 15) is 29.6 Å². The molecular weight excluding hydrogens is 346 g/mol. The van der Waals surface area contributed by atoms with E-state index in [0.29, 0.717) is 4.90 Å². The van der Waals surface area contributed by atoms with Crippen molar-refractivity contribution in [3.63, 3.8) is 0 Å². The van der Waals surface area contributed by atoms with Gasteiger partial charge in [-0.1, -0.05) is 11.6 Å². The number of carbonyl (C=O) groups is 3. The minimum atomic E-state index is -0.868. The van der Waals surface area contributed by atoms with Gasteiger partial charge in [-0.2, -0.15) is 0 Å². The lowest BCUT2D eigenvalue weighted by Crippen LogP contribution is -2.36. The number of carbonyl (C=O) groups excluding carboxylic acids is 3. The smallest absolute Gasteiger partial charge is 0.329 e. The number of halogens is 1. The average Bonchev–Trinajstić information content (AvgIpc) is 2.77. The predicted molar refractivity (Wildman–Crippen MR) is 80.0 cm³/mol. The van der Waals surface area contributed by atoms with Crippen molar-refractivity contribution in [2.24, 2.45) is 0 Å². The second kappa shape index (κ2) is 6.54. The molecule has 0 aromatic heterocycles. The maximum atomic E-state index is 12.1. The molecule has 0 atom stereocenters. The van der Waals surface area contributed by atoms with Crippen molar-refractivity contribution in [3.05, 3.63) is 38.5 Å². The molecule has 1 heterocycles. The van der Waals surface area contributed by atoms with Crippen LogP contribution in [0.5, 0.6) is 5.75 Å². The summed E-state index contributed by atoms with van der Waals surface area (Å²) >= 11 is 5.74. The van der Waals surface area contributed by atoms with Gasteiger partial charge in [0, 0.05) is 16.7 Å². The number of phenols is 1. The molecule has 2 N–H and O–H groups in total. The largest absolute Gasteiger partial charge is 0.502 e. The summed E-state index contributed by atoms with van der Waals surface area (Å²) in [5.74, 6) is -2.38. The number of methoxy groups -OCH3 is 1. The topological polar surface area (TPSA) is 139 Å². The highest BCUT2D eigenvalue weighted by Gasteiger charge is 2.35. The third-order valence-electron chi connectivity index (χ3n) is 3.06. The van der Waals surface area contributed by atoms with Crippen molar-refractivity contribution in [3.8, 4) is 5.75 Å². The van der Waals surface area contributed by atoms with Gasteiger partial charge < -0.3 is 15.2 Å². The number of nitro benzene ring substituents is 1. The van der Waals surface area contributed by atoms with Crippen LogP contribution in [0.3, 0.4) is 0 Å². The first-order valence-electron chi connectivity index (χ1n) is 6.33. The molecule has 10 nitrogen and oxygen atoms in total. The molecule has 0 saturated carbocycles. The maximum absolute atomic E-state index is 12.1. The van der Waals surface area contributed by atoms with Crippen molar-refractivity contribution < 1.29 is 29.2 Å². The number of hydrogen-bond donors (Lipinski definition) is 2. The van der Waals surface area contributed by atoms with Gasteiger partial charge in [0.1, 0.15) is 12.2 Å². The quantitative estimate of drug-likeness (QED) is 0.270. The van der Waals surface area contributed by atoms with E-state index in [1.165, 1.54) is 6.07 Å². The molecular formula is C13H10ClN3O7. The Balaban J connectivity index is 2.39. The number of urea groups is 1. The zero-order valence-electron chi connectivity index (χ0n) is 12.1. The van der Waals surface area contributed by atoms with E-state index in [2.05, 4.69) is 10.1 Å². The van der Waals surface area contributed by atoms with E-state index in [1.807, 2.05) is 0 Å². The summed E-state index contributed by atoms with van der Waals surface area (Å²) in [4.78, 5) is 45.6. The van der Waals surface area contributed by atoms with Crippen LogP contribution in [-0.4, -0.2) is 46.5 Å². The molecule has 1 aliphatic heterocycles. The second-order valence-electron chi connectivity index (χ2n) is 4.58.